The monoisotopic (exact) mass is 482 g/mol. The fourth-order valence-corrected chi connectivity index (χ4v) is 5.59. The van der Waals surface area contributed by atoms with E-state index in [1.54, 1.807) is 11.3 Å². The summed E-state index contributed by atoms with van der Waals surface area (Å²) < 4.78 is 2.10. The van der Waals surface area contributed by atoms with Crippen LogP contribution in [0.25, 0.3) is 16.6 Å². The number of carbonyl (C=O) groups excluding carboxylic acids is 1. The van der Waals surface area contributed by atoms with Gasteiger partial charge in [-0.1, -0.05) is 48.5 Å². The Morgan fingerprint density at radius 1 is 1.00 bits per heavy atom. The molecule has 1 atom stereocenters. The van der Waals surface area contributed by atoms with E-state index < -0.39 is 0 Å². The van der Waals surface area contributed by atoms with Crippen LogP contribution in [-0.2, 0) is 17.6 Å². The summed E-state index contributed by atoms with van der Waals surface area (Å²) in [5.74, 6) is 1.89. The molecule has 1 amide bonds. The van der Waals surface area contributed by atoms with Gasteiger partial charge in [-0.25, -0.2) is 9.38 Å². The largest absolute Gasteiger partial charge is 0.338 e. The third kappa shape index (κ3) is 4.14. The number of hydrogen-bond acceptors (Lipinski definition) is 6. The molecule has 6 rings (SSSR count). The summed E-state index contributed by atoms with van der Waals surface area (Å²) >= 11 is 1.63. The van der Waals surface area contributed by atoms with Gasteiger partial charge in [0.15, 0.2) is 5.65 Å². The first-order valence-corrected chi connectivity index (χ1v) is 12.8. The second-order valence-electron chi connectivity index (χ2n) is 9.00. The van der Waals surface area contributed by atoms with E-state index in [1.807, 2.05) is 64.9 Å². The van der Waals surface area contributed by atoms with Crippen molar-refractivity contribution in [2.75, 3.05) is 24.5 Å². The lowest BCUT2D eigenvalue weighted by atomic mass is 10.1. The fourth-order valence-electron chi connectivity index (χ4n) is 4.90. The van der Waals surface area contributed by atoms with Crippen LogP contribution in [0.3, 0.4) is 0 Å². The minimum Gasteiger partial charge on any atom is -0.338 e. The molecule has 0 saturated carbocycles. The highest BCUT2D eigenvalue weighted by molar-refractivity contribution is 7.10. The number of aromatic nitrogens is 4. The molecule has 0 aliphatic carbocycles. The first-order chi connectivity index (χ1) is 17.2. The Kier molecular flexibility index (Phi) is 5.66. The molecule has 8 heteroatoms. The van der Waals surface area contributed by atoms with Gasteiger partial charge in [0.1, 0.15) is 5.82 Å². The van der Waals surface area contributed by atoms with Gasteiger partial charge in [0.05, 0.1) is 11.9 Å². The van der Waals surface area contributed by atoms with E-state index in [-0.39, 0.29) is 11.9 Å². The average molecular weight is 483 g/mol. The molecule has 176 valence electrons. The Hall–Kier alpha value is -3.78. The zero-order valence-electron chi connectivity index (χ0n) is 19.5. The van der Waals surface area contributed by atoms with E-state index >= 15 is 0 Å². The summed E-state index contributed by atoms with van der Waals surface area (Å²) in [6, 6.07) is 22.5. The third-order valence-corrected chi connectivity index (χ3v) is 7.51. The van der Waals surface area contributed by atoms with Crippen molar-refractivity contribution in [3.63, 3.8) is 0 Å². The number of carbonyl (C=O) groups is 1. The summed E-state index contributed by atoms with van der Waals surface area (Å²) in [6.07, 6.45) is 1.14. The number of para-hydroxylation sites is 1. The van der Waals surface area contributed by atoms with Crippen molar-refractivity contribution >= 4 is 39.7 Å². The third-order valence-electron chi connectivity index (χ3n) is 6.64. The van der Waals surface area contributed by atoms with Gasteiger partial charge in [0, 0.05) is 42.4 Å². The normalized spacial score (nSPS) is 16.3. The Bertz CT molecular complexity index is 1480. The standard InChI is InChI=1S/C27H26N6OS/c1-19-18-31(13-14-32(19)25(34)17-21-10-7-15-35-21)27-28-23-12-6-5-11-22(23)26-30-29-24(33(26)27)16-20-8-3-2-4-9-20/h2-12,15,19H,13-14,16-18H2,1H3/t19-/m0/s1. The van der Waals surface area contributed by atoms with Gasteiger partial charge >= 0.3 is 0 Å². The highest BCUT2D eigenvalue weighted by atomic mass is 32.1. The van der Waals surface area contributed by atoms with Crippen molar-refractivity contribution in [2.24, 2.45) is 0 Å². The zero-order chi connectivity index (χ0) is 23.8. The molecule has 4 heterocycles. The number of hydrogen-bond donors (Lipinski definition) is 0. The van der Waals surface area contributed by atoms with Gasteiger partial charge in [-0.05, 0) is 36.1 Å². The fraction of sp³-hybridized carbons (Fsp3) is 0.259. The van der Waals surface area contributed by atoms with Gasteiger partial charge in [-0.3, -0.25) is 4.79 Å². The van der Waals surface area contributed by atoms with Gasteiger partial charge in [0.25, 0.3) is 0 Å². The zero-order valence-corrected chi connectivity index (χ0v) is 20.4. The Balaban J connectivity index is 1.35. The number of amides is 1. The van der Waals surface area contributed by atoms with E-state index in [1.165, 1.54) is 5.56 Å². The predicted molar refractivity (Wildman–Crippen MR) is 139 cm³/mol. The highest BCUT2D eigenvalue weighted by Gasteiger charge is 2.30. The molecule has 1 fully saturated rings. The quantitative estimate of drug-likeness (QED) is 0.375. The van der Waals surface area contributed by atoms with Crippen molar-refractivity contribution in [1.82, 2.24) is 24.5 Å². The number of nitrogens with zero attached hydrogens (tertiary/aromatic N) is 6. The molecule has 1 saturated heterocycles. The van der Waals surface area contributed by atoms with Gasteiger partial charge in [-0.2, -0.15) is 0 Å². The van der Waals surface area contributed by atoms with E-state index in [0.717, 1.165) is 33.2 Å². The van der Waals surface area contributed by atoms with Crippen molar-refractivity contribution in [3.05, 3.63) is 88.4 Å². The number of rotatable bonds is 5. The molecule has 0 spiro atoms. The lowest BCUT2D eigenvalue weighted by molar-refractivity contribution is -0.132. The maximum atomic E-state index is 13.0. The second-order valence-corrected chi connectivity index (χ2v) is 10.0. The highest BCUT2D eigenvalue weighted by Crippen LogP contribution is 2.27. The number of anilines is 1. The maximum Gasteiger partial charge on any atom is 0.228 e. The van der Waals surface area contributed by atoms with Crippen molar-refractivity contribution in [1.29, 1.82) is 0 Å². The SMILES string of the molecule is C[C@H]1CN(c2nc3ccccc3c3nnc(Cc4ccccc4)n23)CCN1C(=O)Cc1cccs1. The summed E-state index contributed by atoms with van der Waals surface area (Å²) in [5.41, 5.74) is 2.90. The summed E-state index contributed by atoms with van der Waals surface area (Å²) in [4.78, 5) is 23.5. The molecular weight excluding hydrogens is 456 g/mol. The first kappa shape index (κ1) is 21.7. The van der Waals surface area contributed by atoms with Crippen molar-refractivity contribution in [2.45, 2.75) is 25.8 Å². The van der Waals surface area contributed by atoms with Crippen LogP contribution in [0.2, 0.25) is 0 Å². The smallest absolute Gasteiger partial charge is 0.228 e. The van der Waals surface area contributed by atoms with Crippen LogP contribution in [-0.4, -0.2) is 56.1 Å². The summed E-state index contributed by atoms with van der Waals surface area (Å²) in [6.45, 7) is 4.20. The van der Waals surface area contributed by atoms with E-state index in [0.29, 0.717) is 32.5 Å². The lowest BCUT2D eigenvalue weighted by Gasteiger charge is -2.40. The molecule has 7 nitrogen and oxygen atoms in total. The molecule has 1 aliphatic heterocycles. The molecule has 1 aliphatic rings. The molecule has 0 unspecified atom stereocenters. The number of thiophene rings is 1. The van der Waals surface area contributed by atoms with Crippen LogP contribution in [0.15, 0.2) is 72.1 Å². The van der Waals surface area contributed by atoms with Crippen molar-refractivity contribution < 1.29 is 4.79 Å². The first-order valence-electron chi connectivity index (χ1n) is 11.9. The minimum absolute atomic E-state index is 0.0774. The Morgan fingerprint density at radius 3 is 2.63 bits per heavy atom. The number of piperazine rings is 1. The topological polar surface area (TPSA) is 66.6 Å². The number of benzene rings is 2. The summed E-state index contributed by atoms with van der Waals surface area (Å²) in [7, 11) is 0. The maximum absolute atomic E-state index is 13.0. The Morgan fingerprint density at radius 2 is 1.83 bits per heavy atom. The van der Waals surface area contributed by atoms with Crippen LogP contribution in [0.4, 0.5) is 5.95 Å². The molecule has 0 radical (unpaired) electrons. The van der Waals surface area contributed by atoms with E-state index in [4.69, 9.17) is 4.98 Å². The average Bonchev–Trinajstić information content (AvgIpc) is 3.54. The minimum atomic E-state index is 0.0774. The molecule has 35 heavy (non-hydrogen) atoms. The van der Waals surface area contributed by atoms with Gasteiger partial charge in [-0.15, -0.1) is 21.5 Å². The van der Waals surface area contributed by atoms with Crippen LogP contribution in [0.1, 0.15) is 23.2 Å². The molecule has 5 aromatic rings. The van der Waals surface area contributed by atoms with Crippen LogP contribution in [0.5, 0.6) is 0 Å². The molecule has 0 bridgehead atoms. The van der Waals surface area contributed by atoms with Gasteiger partial charge < -0.3 is 9.80 Å². The van der Waals surface area contributed by atoms with Gasteiger partial charge in [0.2, 0.25) is 11.9 Å². The van der Waals surface area contributed by atoms with Crippen LogP contribution < -0.4 is 4.90 Å². The van der Waals surface area contributed by atoms with Crippen molar-refractivity contribution in [3.8, 4) is 0 Å². The molecule has 2 aromatic carbocycles. The lowest BCUT2D eigenvalue weighted by Crippen LogP contribution is -2.55. The number of fused-ring (bicyclic) bond motifs is 3. The molecule has 0 N–H and O–H groups in total. The molecular formula is C27H26N6OS. The Labute approximate surface area is 207 Å². The van der Waals surface area contributed by atoms with Crippen LogP contribution >= 0.6 is 11.3 Å². The van der Waals surface area contributed by atoms with E-state index in [2.05, 4.69) is 38.6 Å². The van der Waals surface area contributed by atoms with Crippen LogP contribution in [0, 0.1) is 0 Å². The predicted octanol–water partition coefficient (Wildman–Crippen LogP) is 4.21. The second kappa shape index (κ2) is 9.11. The van der Waals surface area contributed by atoms with E-state index in [9.17, 15) is 4.79 Å². The molecule has 3 aromatic heterocycles. The summed E-state index contributed by atoms with van der Waals surface area (Å²) in [5, 5.41) is 12.2.